The monoisotopic (exact) mass is 323 g/mol. The van der Waals surface area contributed by atoms with E-state index in [1.165, 1.54) is 0 Å². The molecular formula is C17H20B2FN3O. The quantitative estimate of drug-likeness (QED) is 0.750. The van der Waals surface area contributed by atoms with Crippen LogP contribution in [-0.4, -0.2) is 32.8 Å². The van der Waals surface area contributed by atoms with Crippen molar-refractivity contribution in [2.75, 3.05) is 0 Å². The molecule has 3 rings (SSSR count). The zero-order valence-corrected chi connectivity index (χ0v) is 14.0. The van der Waals surface area contributed by atoms with Gasteiger partial charge in [-0.15, -0.1) is 0 Å². The van der Waals surface area contributed by atoms with Crippen LogP contribution >= 0.6 is 0 Å². The number of aromatic amines is 1. The van der Waals surface area contributed by atoms with E-state index in [1.54, 1.807) is 0 Å². The average Bonchev–Trinajstić information content (AvgIpc) is 2.83. The number of aromatic nitrogens is 1. The second-order valence-corrected chi connectivity index (χ2v) is 6.73. The molecule has 2 unspecified atom stereocenters. The molecule has 1 heterocycles. The molecule has 7 heteroatoms. The predicted molar refractivity (Wildman–Crippen MR) is 95.5 cm³/mol. The van der Waals surface area contributed by atoms with E-state index in [2.05, 4.69) is 10.2 Å². The van der Waals surface area contributed by atoms with Crippen LogP contribution in [0, 0.1) is 19.7 Å². The molecule has 4 nitrogen and oxygen atoms in total. The molecule has 122 valence electrons. The molecule has 0 bridgehead atoms. The first kappa shape index (κ1) is 17.1. The van der Waals surface area contributed by atoms with E-state index < -0.39 is 11.7 Å². The summed E-state index contributed by atoms with van der Waals surface area (Å²) in [5.74, 6) is -1.25. The number of amides is 1. The Hall–Kier alpha value is -1.75. The standard InChI is InChI=1S/C17H20B2FN3O/c1-7-8(2)22-16-11(7)12(9-4-3-5-10(6-9)23-19)15(20)14(18)13(16)17(21)24/h9-10,22-23H,3-6H2,1-2H3,(H2,21,24). The highest BCUT2D eigenvalue weighted by Gasteiger charge is 2.30. The van der Waals surface area contributed by atoms with Crippen LogP contribution in [-0.2, 0) is 0 Å². The zero-order chi connectivity index (χ0) is 17.6. The van der Waals surface area contributed by atoms with Crippen molar-refractivity contribution in [1.82, 2.24) is 10.2 Å². The van der Waals surface area contributed by atoms with Gasteiger partial charge in [0, 0.05) is 16.6 Å². The molecule has 1 saturated carbocycles. The summed E-state index contributed by atoms with van der Waals surface area (Å²) < 4.78 is 15.2. The lowest BCUT2D eigenvalue weighted by molar-refractivity contribution is 0.100. The fourth-order valence-corrected chi connectivity index (χ4v) is 3.98. The van der Waals surface area contributed by atoms with Gasteiger partial charge in [-0.1, -0.05) is 6.42 Å². The summed E-state index contributed by atoms with van der Waals surface area (Å²) in [7, 11) is 11.5. The third-order valence-electron chi connectivity index (χ3n) is 5.33. The number of rotatable bonds is 3. The number of hydrogen-bond acceptors (Lipinski definition) is 2. The summed E-state index contributed by atoms with van der Waals surface area (Å²) in [6.45, 7) is 3.81. The van der Waals surface area contributed by atoms with E-state index in [1.807, 2.05) is 13.8 Å². The third-order valence-corrected chi connectivity index (χ3v) is 5.33. The molecule has 0 saturated heterocycles. The van der Waals surface area contributed by atoms with Crippen LogP contribution in [0.3, 0.4) is 0 Å². The van der Waals surface area contributed by atoms with Gasteiger partial charge in [-0.05, 0) is 56.1 Å². The molecule has 0 spiro atoms. The van der Waals surface area contributed by atoms with E-state index >= 15 is 4.39 Å². The van der Waals surface area contributed by atoms with Crippen molar-refractivity contribution in [3.05, 3.63) is 28.2 Å². The molecule has 2 atom stereocenters. The van der Waals surface area contributed by atoms with Crippen molar-refractivity contribution in [3.63, 3.8) is 0 Å². The minimum absolute atomic E-state index is 0.000395. The molecule has 4 N–H and O–H groups in total. The number of fused-ring (bicyclic) bond motifs is 1. The summed E-state index contributed by atoms with van der Waals surface area (Å²) in [6.07, 6.45) is 3.53. The summed E-state index contributed by atoms with van der Waals surface area (Å²) in [5.41, 5.74) is 8.22. The van der Waals surface area contributed by atoms with Crippen molar-refractivity contribution in [2.45, 2.75) is 51.5 Å². The highest BCUT2D eigenvalue weighted by molar-refractivity contribution is 6.39. The molecule has 1 amide bonds. The lowest BCUT2D eigenvalue weighted by Crippen LogP contribution is -2.33. The number of nitrogens with one attached hydrogen (secondary N) is 2. The number of nitrogens with two attached hydrogens (primary N) is 1. The van der Waals surface area contributed by atoms with Gasteiger partial charge >= 0.3 is 0 Å². The Labute approximate surface area is 143 Å². The van der Waals surface area contributed by atoms with Crippen molar-refractivity contribution in [1.29, 1.82) is 0 Å². The molecule has 2 aromatic rings. The SMILES string of the molecule is [B]NC1CCCC(c2c(F)c([B])c(C(N)=O)c3[nH]c(C)c(C)c23)C1. The largest absolute Gasteiger partial charge is 0.366 e. The maximum absolute atomic E-state index is 15.2. The Morgan fingerprint density at radius 2 is 2.08 bits per heavy atom. The van der Waals surface area contributed by atoms with Crippen LogP contribution in [0.25, 0.3) is 10.9 Å². The number of H-pyrrole nitrogens is 1. The molecular weight excluding hydrogens is 303 g/mol. The Balaban J connectivity index is 2.30. The molecule has 0 aliphatic heterocycles. The third kappa shape index (κ3) is 2.55. The second-order valence-electron chi connectivity index (χ2n) is 6.73. The highest BCUT2D eigenvalue weighted by atomic mass is 19.1. The first-order valence-electron chi connectivity index (χ1n) is 8.22. The second kappa shape index (κ2) is 6.28. The minimum atomic E-state index is -0.727. The van der Waals surface area contributed by atoms with Crippen LogP contribution < -0.4 is 16.4 Å². The normalized spacial score (nSPS) is 21.3. The number of benzene rings is 1. The fourth-order valence-electron chi connectivity index (χ4n) is 3.98. The van der Waals surface area contributed by atoms with E-state index in [9.17, 15) is 4.79 Å². The summed E-state index contributed by atoms with van der Waals surface area (Å²) in [4.78, 5) is 15.0. The average molecular weight is 323 g/mol. The van der Waals surface area contributed by atoms with Gasteiger partial charge in [-0.3, -0.25) is 4.79 Å². The molecule has 1 aliphatic rings. The van der Waals surface area contributed by atoms with Gasteiger partial charge in [-0.25, -0.2) is 4.39 Å². The van der Waals surface area contributed by atoms with E-state index in [0.717, 1.165) is 42.3 Å². The molecule has 1 aromatic carbocycles. The summed E-state index contributed by atoms with van der Waals surface area (Å²) in [5, 5.41) is 3.53. The van der Waals surface area contributed by atoms with Gasteiger partial charge < -0.3 is 15.9 Å². The topological polar surface area (TPSA) is 70.9 Å². The van der Waals surface area contributed by atoms with Crippen LogP contribution in [0.5, 0.6) is 0 Å². The van der Waals surface area contributed by atoms with Crippen molar-refractivity contribution in [2.24, 2.45) is 5.73 Å². The molecule has 1 aliphatic carbocycles. The number of halogens is 1. The number of hydrogen-bond donors (Lipinski definition) is 3. The Kier molecular flexibility index (Phi) is 4.47. The Morgan fingerprint density at radius 1 is 1.38 bits per heavy atom. The number of aryl methyl sites for hydroxylation is 2. The Morgan fingerprint density at radius 3 is 2.71 bits per heavy atom. The molecule has 4 radical (unpaired) electrons. The number of carbonyl (C=O) groups excluding carboxylic acids is 1. The van der Waals surface area contributed by atoms with E-state index in [0.29, 0.717) is 11.1 Å². The molecule has 24 heavy (non-hydrogen) atoms. The van der Waals surface area contributed by atoms with Gasteiger partial charge in [0.25, 0.3) is 0 Å². The summed E-state index contributed by atoms with van der Waals surface area (Å²) >= 11 is 0. The zero-order valence-electron chi connectivity index (χ0n) is 14.0. The van der Waals surface area contributed by atoms with Crippen LogP contribution in [0.1, 0.15) is 58.8 Å². The van der Waals surface area contributed by atoms with Gasteiger partial charge in [0.1, 0.15) is 13.7 Å². The predicted octanol–water partition coefficient (Wildman–Crippen LogP) is 1.52. The highest BCUT2D eigenvalue weighted by Crippen LogP contribution is 2.40. The Bertz CT molecular complexity index is 818. The molecule has 1 aromatic heterocycles. The number of carbonyl (C=O) groups is 1. The van der Waals surface area contributed by atoms with Crippen LogP contribution in [0.15, 0.2) is 0 Å². The minimum Gasteiger partial charge on any atom is -0.366 e. The van der Waals surface area contributed by atoms with Crippen LogP contribution in [0.4, 0.5) is 4.39 Å². The first-order valence-corrected chi connectivity index (χ1v) is 8.22. The van der Waals surface area contributed by atoms with E-state index in [4.69, 9.17) is 21.6 Å². The van der Waals surface area contributed by atoms with Gasteiger partial charge in [0.2, 0.25) is 5.91 Å². The van der Waals surface area contributed by atoms with Gasteiger partial charge in [0.05, 0.1) is 11.1 Å². The van der Waals surface area contributed by atoms with E-state index in [-0.39, 0.29) is 23.0 Å². The summed E-state index contributed by atoms with van der Waals surface area (Å²) in [6, 6.07) is 0.149. The maximum atomic E-state index is 15.2. The van der Waals surface area contributed by atoms with Gasteiger partial charge in [-0.2, -0.15) is 0 Å². The maximum Gasteiger partial charge on any atom is 0.250 e. The lowest BCUT2D eigenvalue weighted by atomic mass is 9.75. The fraction of sp³-hybridized carbons (Fsp3) is 0.471. The lowest BCUT2D eigenvalue weighted by Gasteiger charge is -2.31. The van der Waals surface area contributed by atoms with Gasteiger partial charge in [0.15, 0.2) is 7.98 Å². The van der Waals surface area contributed by atoms with Crippen molar-refractivity contribution in [3.8, 4) is 0 Å². The van der Waals surface area contributed by atoms with Crippen molar-refractivity contribution >= 4 is 38.1 Å². The number of primary amides is 1. The van der Waals surface area contributed by atoms with Crippen LogP contribution in [0.2, 0.25) is 0 Å². The van der Waals surface area contributed by atoms with Crippen molar-refractivity contribution < 1.29 is 9.18 Å². The first-order chi connectivity index (χ1) is 11.4. The smallest absolute Gasteiger partial charge is 0.250 e. The molecule has 1 fully saturated rings.